The topological polar surface area (TPSA) is 0 Å². The highest BCUT2D eigenvalue weighted by Gasteiger charge is 2.03. The van der Waals surface area contributed by atoms with Crippen LogP contribution in [0.25, 0.3) is 0 Å². The van der Waals surface area contributed by atoms with Crippen molar-refractivity contribution in [2.24, 2.45) is 0 Å². The highest BCUT2D eigenvalue weighted by atomic mass is 79.9. The van der Waals surface area contributed by atoms with Crippen LogP contribution in [0.15, 0.2) is 12.2 Å². The van der Waals surface area contributed by atoms with Gasteiger partial charge in [-0.25, -0.2) is 0 Å². The molecule has 1 heteroatoms. The third kappa shape index (κ3) is 1.64. The Labute approximate surface area is 52.7 Å². The molecule has 0 fully saturated rings. The summed E-state index contributed by atoms with van der Waals surface area (Å²) in [4.78, 5) is 1.44. The molecule has 1 rings (SSSR count). The lowest BCUT2D eigenvalue weighted by atomic mass is 10.1. The zero-order chi connectivity index (χ0) is 5.11. The third-order valence-corrected chi connectivity index (χ3v) is 1.81. The van der Waals surface area contributed by atoms with E-state index in [1.165, 1.54) is 17.7 Å². The minimum Gasteiger partial charge on any atom is -0.0884 e. The SMILES string of the molecule is Br[C]1CC=CCC1. The lowest BCUT2D eigenvalue weighted by Crippen LogP contribution is -1.88. The van der Waals surface area contributed by atoms with Gasteiger partial charge in [-0.05, 0) is 19.3 Å². The second-order valence-electron chi connectivity index (χ2n) is 1.73. The second kappa shape index (κ2) is 2.51. The van der Waals surface area contributed by atoms with Crippen LogP contribution in [0.3, 0.4) is 0 Å². The predicted molar refractivity (Wildman–Crippen MR) is 35.2 cm³/mol. The molecule has 0 aliphatic heterocycles. The van der Waals surface area contributed by atoms with E-state index in [0.717, 1.165) is 6.42 Å². The fourth-order valence-electron chi connectivity index (χ4n) is 0.671. The summed E-state index contributed by atoms with van der Waals surface area (Å²) in [5, 5.41) is 0. The molecule has 1 aliphatic rings. The van der Waals surface area contributed by atoms with Crippen LogP contribution in [-0.2, 0) is 0 Å². The Hall–Kier alpha value is 0.220. The number of hydrogen-bond acceptors (Lipinski definition) is 0. The van der Waals surface area contributed by atoms with Gasteiger partial charge in [-0.1, -0.05) is 28.1 Å². The second-order valence-corrected chi connectivity index (χ2v) is 2.85. The summed E-state index contributed by atoms with van der Waals surface area (Å²) in [5.41, 5.74) is 0. The molecule has 39 valence electrons. The molecule has 0 N–H and O–H groups in total. The van der Waals surface area contributed by atoms with Gasteiger partial charge in [0.2, 0.25) is 0 Å². The Kier molecular flexibility index (Phi) is 1.92. The van der Waals surface area contributed by atoms with Crippen molar-refractivity contribution in [3.63, 3.8) is 0 Å². The van der Waals surface area contributed by atoms with Gasteiger partial charge in [-0.15, -0.1) is 0 Å². The van der Waals surface area contributed by atoms with E-state index in [1.54, 1.807) is 0 Å². The Morgan fingerprint density at radius 3 is 2.57 bits per heavy atom. The Bertz CT molecular complexity index is 76.2. The number of halogens is 1. The average molecular weight is 160 g/mol. The van der Waals surface area contributed by atoms with E-state index < -0.39 is 0 Å². The summed E-state index contributed by atoms with van der Waals surface area (Å²) in [7, 11) is 0. The molecule has 0 amide bonds. The van der Waals surface area contributed by atoms with Crippen molar-refractivity contribution in [1.82, 2.24) is 0 Å². The Morgan fingerprint density at radius 2 is 2.29 bits per heavy atom. The number of rotatable bonds is 0. The molecule has 0 unspecified atom stereocenters. The molecular weight excluding hydrogens is 152 g/mol. The molecule has 0 aromatic carbocycles. The zero-order valence-corrected chi connectivity index (χ0v) is 5.74. The maximum atomic E-state index is 3.45. The number of allylic oxidation sites excluding steroid dienone is 2. The van der Waals surface area contributed by atoms with E-state index in [2.05, 4.69) is 28.1 Å². The molecule has 0 atom stereocenters. The van der Waals surface area contributed by atoms with E-state index in [-0.39, 0.29) is 0 Å². The monoisotopic (exact) mass is 159 g/mol. The molecule has 1 radical (unpaired) electrons. The fraction of sp³-hybridized carbons (Fsp3) is 0.500. The van der Waals surface area contributed by atoms with Crippen molar-refractivity contribution in [1.29, 1.82) is 0 Å². The highest BCUT2D eigenvalue weighted by molar-refractivity contribution is 9.11. The van der Waals surface area contributed by atoms with Crippen molar-refractivity contribution in [3.05, 3.63) is 17.0 Å². The van der Waals surface area contributed by atoms with Gasteiger partial charge in [0, 0.05) is 4.83 Å². The summed E-state index contributed by atoms with van der Waals surface area (Å²) in [6.45, 7) is 0. The first-order valence-electron chi connectivity index (χ1n) is 2.55. The van der Waals surface area contributed by atoms with Crippen LogP contribution < -0.4 is 0 Å². The lowest BCUT2D eigenvalue weighted by molar-refractivity contribution is 0.872. The highest BCUT2D eigenvalue weighted by Crippen LogP contribution is 2.25. The van der Waals surface area contributed by atoms with Crippen LogP contribution in [0.4, 0.5) is 0 Å². The summed E-state index contributed by atoms with van der Waals surface area (Å²) >= 11 is 3.45. The molecule has 0 saturated carbocycles. The third-order valence-electron chi connectivity index (χ3n) is 1.09. The largest absolute Gasteiger partial charge is 0.0884 e. The molecule has 0 nitrogen and oxygen atoms in total. The minimum atomic E-state index is 1.14. The van der Waals surface area contributed by atoms with Crippen LogP contribution in [0.5, 0.6) is 0 Å². The fourth-order valence-corrected chi connectivity index (χ4v) is 1.09. The predicted octanol–water partition coefficient (Wildman–Crippen LogP) is 2.65. The van der Waals surface area contributed by atoms with Crippen molar-refractivity contribution in [2.75, 3.05) is 0 Å². The molecule has 0 saturated heterocycles. The summed E-state index contributed by atoms with van der Waals surface area (Å²) in [6, 6.07) is 0. The maximum Gasteiger partial charge on any atom is 0.0451 e. The Balaban J connectivity index is 2.32. The zero-order valence-electron chi connectivity index (χ0n) is 4.15. The van der Waals surface area contributed by atoms with Crippen molar-refractivity contribution in [2.45, 2.75) is 19.3 Å². The van der Waals surface area contributed by atoms with Gasteiger partial charge in [0.15, 0.2) is 0 Å². The van der Waals surface area contributed by atoms with Gasteiger partial charge >= 0.3 is 0 Å². The molecule has 0 aromatic rings. The van der Waals surface area contributed by atoms with Gasteiger partial charge in [0.05, 0.1) is 0 Å². The van der Waals surface area contributed by atoms with E-state index >= 15 is 0 Å². The maximum absolute atomic E-state index is 3.45. The van der Waals surface area contributed by atoms with Gasteiger partial charge in [-0.3, -0.25) is 0 Å². The Morgan fingerprint density at radius 1 is 1.43 bits per heavy atom. The first-order valence-corrected chi connectivity index (χ1v) is 3.34. The van der Waals surface area contributed by atoms with E-state index in [9.17, 15) is 0 Å². The van der Waals surface area contributed by atoms with Crippen LogP contribution in [-0.4, -0.2) is 0 Å². The molecule has 0 spiro atoms. The van der Waals surface area contributed by atoms with E-state index in [4.69, 9.17) is 0 Å². The molecule has 1 aliphatic carbocycles. The molecule has 0 bridgehead atoms. The summed E-state index contributed by atoms with van der Waals surface area (Å²) in [6.07, 6.45) is 8.02. The average Bonchev–Trinajstić information content (AvgIpc) is 1.69. The molecule has 0 aromatic heterocycles. The van der Waals surface area contributed by atoms with Crippen molar-refractivity contribution in [3.8, 4) is 0 Å². The molecular formula is C6H8Br. The van der Waals surface area contributed by atoms with Crippen LogP contribution in [0.1, 0.15) is 19.3 Å². The van der Waals surface area contributed by atoms with Crippen LogP contribution >= 0.6 is 15.9 Å². The van der Waals surface area contributed by atoms with Crippen LogP contribution in [0, 0.1) is 4.83 Å². The van der Waals surface area contributed by atoms with Gasteiger partial charge in [0.25, 0.3) is 0 Å². The van der Waals surface area contributed by atoms with Gasteiger partial charge < -0.3 is 0 Å². The van der Waals surface area contributed by atoms with Crippen LogP contribution in [0.2, 0.25) is 0 Å². The van der Waals surface area contributed by atoms with Gasteiger partial charge in [-0.2, -0.15) is 0 Å². The first kappa shape index (κ1) is 5.36. The van der Waals surface area contributed by atoms with E-state index in [1.807, 2.05) is 0 Å². The summed E-state index contributed by atoms with van der Waals surface area (Å²) in [5.74, 6) is 0. The smallest absolute Gasteiger partial charge is 0.0451 e. The normalized spacial score (nSPS) is 23.0. The lowest BCUT2D eigenvalue weighted by Gasteiger charge is -2.06. The van der Waals surface area contributed by atoms with Crippen molar-refractivity contribution < 1.29 is 0 Å². The quantitative estimate of drug-likeness (QED) is 0.478. The van der Waals surface area contributed by atoms with E-state index in [0.29, 0.717) is 0 Å². The molecule has 0 heterocycles. The van der Waals surface area contributed by atoms with Gasteiger partial charge in [0.1, 0.15) is 0 Å². The standard InChI is InChI=1S/C6H8Br/c7-6-4-2-1-3-5-6/h1-2H,3-5H2. The number of hydrogen-bond donors (Lipinski definition) is 0. The summed E-state index contributed by atoms with van der Waals surface area (Å²) < 4.78 is 0. The molecule has 7 heavy (non-hydrogen) atoms. The van der Waals surface area contributed by atoms with Crippen molar-refractivity contribution >= 4 is 15.9 Å². The minimum absolute atomic E-state index is 1.14. The first-order chi connectivity index (χ1) is 3.39.